The first-order valence-corrected chi connectivity index (χ1v) is 6.49. The zero-order valence-corrected chi connectivity index (χ0v) is 11.4. The van der Waals surface area contributed by atoms with Crippen LogP contribution in [0.15, 0.2) is 18.2 Å². The molecule has 1 aliphatic heterocycles. The van der Waals surface area contributed by atoms with Gasteiger partial charge in [-0.25, -0.2) is 4.98 Å². The van der Waals surface area contributed by atoms with E-state index in [4.69, 9.17) is 0 Å². The van der Waals surface area contributed by atoms with Crippen molar-refractivity contribution in [2.24, 2.45) is 0 Å². The number of nitrogens with one attached hydrogen (secondary N) is 2. The monoisotopic (exact) mass is 269 g/mol. The summed E-state index contributed by atoms with van der Waals surface area (Å²) in [6.45, 7) is 4.58. The van der Waals surface area contributed by atoms with E-state index in [1.165, 1.54) is 5.56 Å². The fourth-order valence-electron chi connectivity index (χ4n) is 2.12. The molecule has 3 rings (SSSR count). The number of carbonyl (C=O) groups excluding carboxylic acids is 1. The van der Waals surface area contributed by atoms with E-state index in [1.54, 1.807) is 0 Å². The molecule has 6 nitrogen and oxygen atoms in total. The average Bonchev–Trinajstić information content (AvgIpc) is 2.90. The summed E-state index contributed by atoms with van der Waals surface area (Å²) in [5.74, 6) is -0.00175. The Morgan fingerprint density at radius 3 is 2.90 bits per heavy atom. The first kappa shape index (κ1) is 12.5. The fourth-order valence-corrected chi connectivity index (χ4v) is 2.12. The molecule has 0 spiro atoms. The number of fused-ring (bicyclic) bond motifs is 1. The summed E-state index contributed by atoms with van der Waals surface area (Å²) in [6.07, 6.45) is 1.00. The Morgan fingerprint density at radius 1 is 1.25 bits per heavy atom. The highest BCUT2D eigenvalue weighted by molar-refractivity contribution is 6.04. The van der Waals surface area contributed by atoms with Crippen molar-refractivity contribution in [3.05, 3.63) is 40.7 Å². The number of anilines is 2. The quantitative estimate of drug-likeness (QED) is 0.867. The average molecular weight is 269 g/mol. The van der Waals surface area contributed by atoms with Crippen molar-refractivity contribution in [2.45, 2.75) is 20.3 Å². The Morgan fingerprint density at radius 2 is 2.10 bits per heavy atom. The minimum atomic E-state index is -0.230. The SMILES string of the molecule is Cc1nnc(NC(=O)c2ccc3c(c2)NCC3)nc1C. The summed E-state index contributed by atoms with van der Waals surface area (Å²) < 4.78 is 0. The standard InChI is InChI=1S/C14H15N5O/c1-8-9(2)18-19-14(16-8)17-13(20)11-4-3-10-5-6-15-12(10)7-11/h3-4,7,15H,5-6H2,1-2H3,(H,16,17,19,20). The van der Waals surface area contributed by atoms with Crippen LogP contribution in [0.4, 0.5) is 11.6 Å². The van der Waals surface area contributed by atoms with Gasteiger partial charge in [0.1, 0.15) is 0 Å². The molecule has 0 fully saturated rings. The number of nitrogens with zero attached hydrogens (tertiary/aromatic N) is 3. The fraction of sp³-hybridized carbons (Fsp3) is 0.286. The van der Waals surface area contributed by atoms with Crippen molar-refractivity contribution < 1.29 is 4.79 Å². The molecule has 1 aromatic heterocycles. The van der Waals surface area contributed by atoms with Crippen LogP contribution in [0.3, 0.4) is 0 Å². The molecule has 2 aromatic rings. The van der Waals surface area contributed by atoms with Crippen LogP contribution in [0.5, 0.6) is 0 Å². The maximum absolute atomic E-state index is 12.2. The zero-order valence-electron chi connectivity index (χ0n) is 11.4. The highest BCUT2D eigenvalue weighted by Gasteiger charge is 2.14. The summed E-state index contributed by atoms with van der Waals surface area (Å²) in [4.78, 5) is 16.4. The summed E-state index contributed by atoms with van der Waals surface area (Å²) >= 11 is 0. The van der Waals surface area contributed by atoms with Gasteiger partial charge in [0.2, 0.25) is 5.95 Å². The van der Waals surface area contributed by atoms with Gasteiger partial charge in [-0.05, 0) is 38.0 Å². The molecule has 0 unspecified atom stereocenters. The van der Waals surface area contributed by atoms with Gasteiger partial charge in [-0.1, -0.05) is 6.07 Å². The maximum atomic E-state index is 12.2. The third kappa shape index (κ3) is 2.32. The lowest BCUT2D eigenvalue weighted by Crippen LogP contribution is -2.15. The van der Waals surface area contributed by atoms with E-state index in [0.717, 1.165) is 30.0 Å². The third-order valence-corrected chi connectivity index (χ3v) is 3.40. The lowest BCUT2D eigenvalue weighted by Gasteiger charge is -2.06. The normalized spacial score (nSPS) is 12.7. The first-order chi connectivity index (χ1) is 9.63. The molecule has 1 aromatic carbocycles. The third-order valence-electron chi connectivity index (χ3n) is 3.40. The summed E-state index contributed by atoms with van der Waals surface area (Å²) in [5, 5.41) is 13.7. The smallest absolute Gasteiger partial charge is 0.258 e. The van der Waals surface area contributed by atoms with Gasteiger partial charge in [0.05, 0.1) is 11.4 Å². The van der Waals surface area contributed by atoms with Gasteiger partial charge in [0, 0.05) is 17.8 Å². The number of aromatic nitrogens is 3. The predicted molar refractivity (Wildman–Crippen MR) is 75.9 cm³/mol. The van der Waals surface area contributed by atoms with Crippen LogP contribution in [-0.4, -0.2) is 27.6 Å². The number of hydrogen-bond donors (Lipinski definition) is 2. The zero-order chi connectivity index (χ0) is 14.1. The van der Waals surface area contributed by atoms with Gasteiger partial charge in [0.25, 0.3) is 5.91 Å². The van der Waals surface area contributed by atoms with Crippen molar-refractivity contribution in [2.75, 3.05) is 17.2 Å². The lowest BCUT2D eigenvalue weighted by molar-refractivity contribution is 0.102. The van der Waals surface area contributed by atoms with Crippen LogP contribution >= 0.6 is 0 Å². The molecule has 0 radical (unpaired) electrons. The topological polar surface area (TPSA) is 79.8 Å². The lowest BCUT2D eigenvalue weighted by atomic mass is 10.1. The molecular weight excluding hydrogens is 254 g/mol. The molecule has 0 atom stereocenters. The molecule has 6 heteroatoms. The molecule has 102 valence electrons. The Labute approximate surface area is 116 Å². The van der Waals surface area contributed by atoms with Crippen molar-refractivity contribution in [3.63, 3.8) is 0 Å². The van der Waals surface area contributed by atoms with E-state index in [0.29, 0.717) is 5.56 Å². The van der Waals surface area contributed by atoms with Crippen LogP contribution in [-0.2, 0) is 6.42 Å². The Balaban J connectivity index is 1.80. The molecule has 0 saturated heterocycles. The van der Waals surface area contributed by atoms with Crippen molar-refractivity contribution in [1.29, 1.82) is 0 Å². The van der Waals surface area contributed by atoms with E-state index < -0.39 is 0 Å². The Kier molecular flexibility index (Phi) is 3.06. The number of rotatable bonds is 2. The van der Waals surface area contributed by atoms with E-state index in [1.807, 2.05) is 32.0 Å². The van der Waals surface area contributed by atoms with E-state index in [2.05, 4.69) is 25.8 Å². The second kappa shape index (κ2) is 4.88. The predicted octanol–water partition coefficient (Wildman–Crippen LogP) is 1.71. The van der Waals surface area contributed by atoms with Crippen LogP contribution in [0, 0.1) is 13.8 Å². The molecular formula is C14H15N5O. The summed E-state index contributed by atoms with van der Waals surface area (Å²) in [7, 11) is 0. The maximum Gasteiger partial charge on any atom is 0.258 e. The number of aryl methyl sites for hydroxylation is 2. The second-order valence-electron chi connectivity index (χ2n) is 4.81. The van der Waals surface area contributed by atoms with E-state index >= 15 is 0 Å². The largest absolute Gasteiger partial charge is 0.384 e. The number of amides is 1. The molecule has 2 N–H and O–H groups in total. The van der Waals surface area contributed by atoms with Crippen LogP contribution in [0.25, 0.3) is 0 Å². The van der Waals surface area contributed by atoms with Crippen LogP contribution < -0.4 is 10.6 Å². The highest BCUT2D eigenvalue weighted by Crippen LogP contribution is 2.23. The molecule has 0 aliphatic carbocycles. The molecule has 1 aliphatic rings. The van der Waals surface area contributed by atoms with Gasteiger partial charge < -0.3 is 5.32 Å². The van der Waals surface area contributed by atoms with Crippen LogP contribution in [0.1, 0.15) is 27.3 Å². The van der Waals surface area contributed by atoms with E-state index in [9.17, 15) is 4.79 Å². The molecule has 2 heterocycles. The number of benzene rings is 1. The minimum absolute atomic E-state index is 0.228. The number of hydrogen-bond acceptors (Lipinski definition) is 5. The molecule has 0 bridgehead atoms. The van der Waals surface area contributed by atoms with Crippen molar-refractivity contribution >= 4 is 17.5 Å². The van der Waals surface area contributed by atoms with Gasteiger partial charge in [-0.2, -0.15) is 5.10 Å². The second-order valence-corrected chi connectivity index (χ2v) is 4.81. The first-order valence-electron chi connectivity index (χ1n) is 6.49. The van der Waals surface area contributed by atoms with Crippen LogP contribution in [0.2, 0.25) is 0 Å². The Hall–Kier alpha value is -2.50. The molecule has 0 saturated carbocycles. The van der Waals surface area contributed by atoms with Crippen molar-refractivity contribution in [1.82, 2.24) is 15.2 Å². The molecule has 1 amide bonds. The van der Waals surface area contributed by atoms with Gasteiger partial charge >= 0.3 is 0 Å². The van der Waals surface area contributed by atoms with Gasteiger partial charge in [-0.15, -0.1) is 5.10 Å². The molecule has 20 heavy (non-hydrogen) atoms. The highest BCUT2D eigenvalue weighted by atomic mass is 16.1. The van der Waals surface area contributed by atoms with Crippen molar-refractivity contribution in [3.8, 4) is 0 Å². The Bertz CT molecular complexity index is 683. The minimum Gasteiger partial charge on any atom is -0.384 e. The van der Waals surface area contributed by atoms with E-state index in [-0.39, 0.29) is 11.9 Å². The number of carbonyl (C=O) groups is 1. The summed E-state index contributed by atoms with van der Waals surface area (Å²) in [6, 6.07) is 5.64. The van der Waals surface area contributed by atoms with Gasteiger partial charge in [0.15, 0.2) is 0 Å². The van der Waals surface area contributed by atoms with Gasteiger partial charge in [-0.3, -0.25) is 10.1 Å². The summed E-state index contributed by atoms with van der Waals surface area (Å²) in [5.41, 5.74) is 4.36.